The van der Waals surface area contributed by atoms with E-state index in [4.69, 9.17) is 5.84 Å². The number of thiophene rings is 1. The minimum absolute atomic E-state index is 0.210. The summed E-state index contributed by atoms with van der Waals surface area (Å²) in [5.74, 6) is 5.53. The second-order valence-corrected chi connectivity index (χ2v) is 6.17. The molecule has 0 radical (unpaired) electrons. The van der Waals surface area contributed by atoms with Gasteiger partial charge in [0.15, 0.2) is 0 Å². The lowest BCUT2D eigenvalue weighted by Crippen LogP contribution is -2.29. The number of carbonyl (C=O) groups excluding carboxylic acids is 2. The summed E-state index contributed by atoms with van der Waals surface area (Å²) < 4.78 is 0. The molecule has 5 nitrogen and oxygen atoms in total. The summed E-state index contributed by atoms with van der Waals surface area (Å²) in [6, 6.07) is 1.83. The summed E-state index contributed by atoms with van der Waals surface area (Å²) >= 11 is 1.41. The second kappa shape index (κ2) is 5.71. The lowest BCUT2D eigenvalue weighted by molar-refractivity contribution is -0.128. The molecule has 1 unspecified atom stereocenters. The van der Waals surface area contributed by atoms with Gasteiger partial charge in [0.1, 0.15) is 0 Å². The summed E-state index contributed by atoms with van der Waals surface area (Å²) in [5, 5.41) is 0. The summed E-state index contributed by atoms with van der Waals surface area (Å²) in [6.45, 7) is 5.49. The van der Waals surface area contributed by atoms with Crippen LogP contribution >= 0.6 is 11.3 Å². The smallest absolute Gasteiger partial charge is 0.275 e. The average molecular weight is 281 g/mol. The third-order valence-electron chi connectivity index (χ3n) is 3.61. The minimum Gasteiger partial charge on any atom is -0.338 e. The first kappa shape index (κ1) is 14.0. The number of nitrogens with two attached hydrogens (primary N) is 1. The first-order valence-corrected chi connectivity index (χ1v) is 7.24. The van der Waals surface area contributed by atoms with E-state index in [1.807, 2.05) is 17.9 Å². The van der Waals surface area contributed by atoms with E-state index >= 15 is 0 Å². The normalized spacial score (nSPS) is 19.0. The van der Waals surface area contributed by atoms with E-state index in [0.717, 1.165) is 23.4 Å². The van der Waals surface area contributed by atoms with E-state index in [2.05, 4.69) is 12.3 Å². The Bertz CT molecular complexity index is 498. The second-order valence-electron chi connectivity index (χ2n) is 4.92. The molecule has 1 aromatic rings. The SMILES string of the molecule is CCC1CC(=O)N(Cc2cc(C(=O)NN)sc2C)C1. The molecule has 1 saturated heterocycles. The van der Waals surface area contributed by atoms with Gasteiger partial charge in [-0.05, 0) is 24.5 Å². The van der Waals surface area contributed by atoms with Crippen LogP contribution in [0, 0.1) is 12.8 Å². The Morgan fingerprint density at radius 1 is 1.63 bits per heavy atom. The monoisotopic (exact) mass is 281 g/mol. The van der Waals surface area contributed by atoms with Crippen molar-refractivity contribution >= 4 is 23.2 Å². The Morgan fingerprint density at radius 2 is 2.37 bits per heavy atom. The van der Waals surface area contributed by atoms with Gasteiger partial charge >= 0.3 is 0 Å². The highest BCUT2D eigenvalue weighted by atomic mass is 32.1. The van der Waals surface area contributed by atoms with Crippen LogP contribution in [0.3, 0.4) is 0 Å². The Labute approximate surface area is 116 Å². The van der Waals surface area contributed by atoms with E-state index in [0.29, 0.717) is 23.8 Å². The molecule has 0 aliphatic carbocycles. The predicted molar refractivity (Wildman–Crippen MR) is 74.5 cm³/mol. The number of nitrogen functional groups attached to an aromatic ring is 1. The van der Waals surface area contributed by atoms with Gasteiger partial charge in [0, 0.05) is 24.4 Å². The van der Waals surface area contributed by atoms with Gasteiger partial charge in [0.2, 0.25) is 5.91 Å². The quantitative estimate of drug-likeness (QED) is 0.498. The third kappa shape index (κ3) is 2.96. The lowest BCUT2D eigenvalue weighted by atomic mass is 10.1. The fourth-order valence-electron chi connectivity index (χ4n) is 2.35. The molecule has 6 heteroatoms. The number of nitrogens with zero attached hydrogens (tertiary/aromatic N) is 1. The summed E-state index contributed by atoms with van der Waals surface area (Å²) in [4.78, 5) is 26.9. The molecule has 0 saturated carbocycles. The number of likely N-dealkylation sites (tertiary alicyclic amines) is 1. The molecule has 1 atom stereocenters. The maximum atomic E-state index is 11.9. The van der Waals surface area contributed by atoms with Crippen molar-refractivity contribution < 1.29 is 9.59 Å². The Kier molecular flexibility index (Phi) is 4.21. The topological polar surface area (TPSA) is 75.4 Å². The summed E-state index contributed by atoms with van der Waals surface area (Å²) in [7, 11) is 0. The van der Waals surface area contributed by atoms with Crippen LogP contribution in [0.1, 0.15) is 39.9 Å². The zero-order valence-electron chi connectivity index (χ0n) is 11.2. The van der Waals surface area contributed by atoms with Crippen LogP contribution < -0.4 is 11.3 Å². The van der Waals surface area contributed by atoms with Crippen LogP contribution in [0.15, 0.2) is 6.07 Å². The number of hydrogen-bond acceptors (Lipinski definition) is 4. The van der Waals surface area contributed by atoms with Gasteiger partial charge in [0.05, 0.1) is 4.88 Å². The first-order valence-electron chi connectivity index (χ1n) is 6.43. The van der Waals surface area contributed by atoms with Crippen molar-refractivity contribution in [2.24, 2.45) is 11.8 Å². The maximum absolute atomic E-state index is 11.9. The highest BCUT2D eigenvalue weighted by Crippen LogP contribution is 2.27. The van der Waals surface area contributed by atoms with Crippen LogP contribution in [-0.2, 0) is 11.3 Å². The van der Waals surface area contributed by atoms with Crippen LogP contribution in [0.5, 0.6) is 0 Å². The molecule has 1 aromatic heterocycles. The molecule has 0 aromatic carbocycles. The fraction of sp³-hybridized carbons (Fsp3) is 0.538. The number of hydrazine groups is 1. The van der Waals surface area contributed by atoms with E-state index < -0.39 is 0 Å². The van der Waals surface area contributed by atoms with Crippen LogP contribution in [0.25, 0.3) is 0 Å². The molecule has 0 spiro atoms. The fourth-order valence-corrected chi connectivity index (χ4v) is 3.28. The van der Waals surface area contributed by atoms with Crippen molar-refractivity contribution in [1.82, 2.24) is 10.3 Å². The molecule has 0 bridgehead atoms. The number of aryl methyl sites for hydroxylation is 1. The molecule has 2 rings (SSSR count). The van der Waals surface area contributed by atoms with Crippen LogP contribution in [0.2, 0.25) is 0 Å². The van der Waals surface area contributed by atoms with Gasteiger partial charge in [0.25, 0.3) is 5.91 Å². The zero-order chi connectivity index (χ0) is 14.0. The van der Waals surface area contributed by atoms with Crippen molar-refractivity contribution in [3.05, 3.63) is 21.4 Å². The number of carbonyl (C=O) groups is 2. The molecule has 1 aliphatic heterocycles. The largest absolute Gasteiger partial charge is 0.338 e. The molecule has 104 valence electrons. The predicted octanol–water partition coefficient (Wildman–Crippen LogP) is 1.42. The highest BCUT2D eigenvalue weighted by molar-refractivity contribution is 7.14. The molecule has 2 amide bonds. The van der Waals surface area contributed by atoms with Crippen molar-refractivity contribution in [1.29, 1.82) is 0 Å². The lowest BCUT2D eigenvalue weighted by Gasteiger charge is -2.16. The molecule has 2 heterocycles. The Balaban J connectivity index is 2.09. The van der Waals surface area contributed by atoms with Gasteiger partial charge in [-0.1, -0.05) is 13.3 Å². The van der Waals surface area contributed by atoms with Gasteiger partial charge in [-0.15, -0.1) is 11.3 Å². The number of amides is 2. The first-order chi connectivity index (χ1) is 9.05. The van der Waals surface area contributed by atoms with Crippen molar-refractivity contribution in [3.63, 3.8) is 0 Å². The highest BCUT2D eigenvalue weighted by Gasteiger charge is 2.28. The van der Waals surface area contributed by atoms with Crippen LogP contribution in [-0.4, -0.2) is 23.3 Å². The molecule has 3 N–H and O–H groups in total. The number of hydrogen-bond donors (Lipinski definition) is 2. The third-order valence-corrected chi connectivity index (χ3v) is 4.70. The number of rotatable bonds is 4. The van der Waals surface area contributed by atoms with Crippen molar-refractivity contribution in [2.45, 2.75) is 33.2 Å². The Hall–Kier alpha value is -1.40. The standard InChI is InChI=1S/C13H19N3O2S/c1-3-9-4-12(17)16(6-9)7-10-5-11(13(18)15-14)19-8(10)2/h5,9H,3-4,6-7,14H2,1-2H3,(H,15,18). The van der Waals surface area contributed by atoms with Gasteiger partial charge in [-0.2, -0.15) is 0 Å². The van der Waals surface area contributed by atoms with E-state index in [-0.39, 0.29) is 11.8 Å². The Morgan fingerprint density at radius 3 is 2.95 bits per heavy atom. The molecule has 1 aliphatic rings. The zero-order valence-corrected chi connectivity index (χ0v) is 12.0. The van der Waals surface area contributed by atoms with Gasteiger partial charge < -0.3 is 4.90 Å². The van der Waals surface area contributed by atoms with E-state index in [9.17, 15) is 9.59 Å². The summed E-state index contributed by atoms with van der Waals surface area (Å²) in [5.41, 5.74) is 3.17. The summed E-state index contributed by atoms with van der Waals surface area (Å²) in [6.07, 6.45) is 1.68. The van der Waals surface area contributed by atoms with Gasteiger partial charge in [-0.3, -0.25) is 15.0 Å². The van der Waals surface area contributed by atoms with Crippen LogP contribution in [0.4, 0.5) is 0 Å². The van der Waals surface area contributed by atoms with Crippen molar-refractivity contribution in [2.75, 3.05) is 6.54 Å². The number of nitrogens with one attached hydrogen (secondary N) is 1. The minimum atomic E-state index is -0.279. The molecular weight excluding hydrogens is 262 g/mol. The van der Waals surface area contributed by atoms with Gasteiger partial charge in [-0.25, -0.2) is 5.84 Å². The molecule has 1 fully saturated rings. The maximum Gasteiger partial charge on any atom is 0.275 e. The van der Waals surface area contributed by atoms with E-state index in [1.165, 1.54) is 11.3 Å². The van der Waals surface area contributed by atoms with Crippen molar-refractivity contribution in [3.8, 4) is 0 Å². The van der Waals surface area contributed by atoms with E-state index in [1.54, 1.807) is 0 Å². The average Bonchev–Trinajstić information content (AvgIpc) is 2.93. The molecular formula is C13H19N3O2S. The molecule has 19 heavy (non-hydrogen) atoms.